The third-order valence-corrected chi connectivity index (χ3v) is 8.97. The summed E-state index contributed by atoms with van der Waals surface area (Å²) in [6.07, 6.45) is 0.242. The zero-order valence-corrected chi connectivity index (χ0v) is 23.4. The van der Waals surface area contributed by atoms with Crippen LogP contribution in [0.2, 0.25) is 0 Å². The highest BCUT2D eigenvalue weighted by Gasteiger charge is 2.35. The van der Waals surface area contributed by atoms with Crippen LogP contribution in [0.4, 0.5) is 5.69 Å². The second-order valence-corrected chi connectivity index (χ2v) is 13.3. The van der Waals surface area contributed by atoms with E-state index < -0.39 is 32.2 Å². The number of nitrogens with one attached hydrogen (secondary N) is 1. The number of anilines is 1. The summed E-state index contributed by atoms with van der Waals surface area (Å²) in [5.41, 5.74) is 0.947. The minimum absolute atomic E-state index is 0.00619. The van der Waals surface area contributed by atoms with E-state index in [1.54, 1.807) is 19.9 Å². The maximum absolute atomic E-state index is 13.3. The highest BCUT2D eigenvalue weighted by Crippen LogP contribution is 2.30. The largest absolute Gasteiger partial charge is 0.488 e. The first-order valence-corrected chi connectivity index (χ1v) is 15.0. The van der Waals surface area contributed by atoms with Crippen molar-refractivity contribution in [3.05, 3.63) is 35.2 Å². The molecule has 0 spiro atoms. The standard InChI is InChI=1S/C23H34N4O8S2/c1-14-11-27(15(2)13-28)22(29)10-18-9-19(25-36(6,30)31)7-8-20(18)34-21(14)12-26(5)37(32,33)23-16(3)24-35-17(23)4/h7-9,14-15,21,25,28H,10-13H2,1-6H3/t14-,15+,21+/m0/s1. The number of hydrogen-bond acceptors (Lipinski definition) is 9. The summed E-state index contributed by atoms with van der Waals surface area (Å²) in [4.78, 5) is 14.8. The number of carbonyl (C=O) groups is 1. The van der Waals surface area contributed by atoms with E-state index in [1.165, 1.54) is 35.3 Å². The molecule has 206 valence electrons. The number of nitrogens with zero attached hydrogens (tertiary/aromatic N) is 3. The number of carbonyl (C=O) groups excluding carboxylic acids is 1. The SMILES string of the molecule is Cc1noc(C)c1S(=O)(=O)N(C)C[C@H]1Oc2ccc(NS(C)(=O)=O)cc2CC(=O)N([C@H](C)CO)C[C@@H]1C. The van der Waals surface area contributed by atoms with Crippen molar-refractivity contribution in [2.75, 3.05) is 37.7 Å². The predicted molar refractivity (Wildman–Crippen MR) is 136 cm³/mol. The van der Waals surface area contributed by atoms with Crippen molar-refractivity contribution in [3.8, 4) is 5.75 Å². The Hall–Kier alpha value is -2.68. The molecule has 1 amide bonds. The molecule has 14 heteroatoms. The first-order valence-electron chi connectivity index (χ1n) is 11.7. The van der Waals surface area contributed by atoms with E-state index in [0.717, 1.165) is 6.26 Å². The van der Waals surface area contributed by atoms with Gasteiger partial charge in [-0.25, -0.2) is 16.8 Å². The van der Waals surface area contributed by atoms with Crippen LogP contribution in [-0.2, 0) is 31.3 Å². The number of rotatable bonds is 8. The zero-order valence-electron chi connectivity index (χ0n) is 21.8. The van der Waals surface area contributed by atoms with Gasteiger partial charge < -0.3 is 19.3 Å². The lowest BCUT2D eigenvalue weighted by Crippen LogP contribution is -2.48. The number of hydrogen-bond donors (Lipinski definition) is 2. The Morgan fingerprint density at radius 2 is 1.95 bits per heavy atom. The topological polar surface area (TPSA) is 159 Å². The van der Waals surface area contributed by atoms with Crippen LogP contribution in [0.3, 0.4) is 0 Å². The monoisotopic (exact) mass is 558 g/mol. The predicted octanol–water partition coefficient (Wildman–Crippen LogP) is 1.13. The molecular formula is C23H34N4O8S2. The van der Waals surface area contributed by atoms with Gasteiger partial charge in [0.1, 0.15) is 22.4 Å². The third-order valence-electron chi connectivity index (χ3n) is 6.29. The Labute approximate surface area is 217 Å². The fourth-order valence-electron chi connectivity index (χ4n) is 4.28. The number of ether oxygens (including phenoxy) is 1. The molecule has 0 unspecified atom stereocenters. The van der Waals surface area contributed by atoms with E-state index in [4.69, 9.17) is 9.26 Å². The number of fused-ring (bicyclic) bond motifs is 1. The molecular weight excluding hydrogens is 524 g/mol. The van der Waals surface area contributed by atoms with Gasteiger partial charge in [0.2, 0.25) is 26.0 Å². The molecule has 0 saturated carbocycles. The van der Waals surface area contributed by atoms with Crippen molar-refractivity contribution >= 4 is 31.6 Å². The number of aryl methyl sites for hydroxylation is 2. The quantitative estimate of drug-likeness (QED) is 0.484. The maximum atomic E-state index is 13.3. The fourth-order valence-corrected chi connectivity index (χ4v) is 6.30. The van der Waals surface area contributed by atoms with Crippen LogP contribution in [0.15, 0.2) is 27.6 Å². The fraction of sp³-hybridized carbons (Fsp3) is 0.565. The number of amides is 1. The normalized spacial score (nSPS) is 20.0. The first-order chi connectivity index (χ1) is 17.1. The molecule has 37 heavy (non-hydrogen) atoms. The van der Waals surface area contributed by atoms with Crippen LogP contribution in [0.5, 0.6) is 5.75 Å². The van der Waals surface area contributed by atoms with E-state index in [1.807, 2.05) is 6.92 Å². The van der Waals surface area contributed by atoms with E-state index in [0.29, 0.717) is 11.3 Å². The maximum Gasteiger partial charge on any atom is 0.248 e. The van der Waals surface area contributed by atoms with E-state index >= 15 is 0 Å². The summed E-state index contributed by atoms with van der Waals surface area (Å²) in [6.45, 7) is 6.54. The number of likely N-dealkylation sites (N-methyl/N-ethyl adjacent to an activating group) is 1. The molecule has 0 saturated heterocycles. The smallest absolute Gasteiger partial charge is 0.248 e. The van der Waals surface area contributed by atoms with Crippen LogP contribution in [0.25, 0.3) is 0 Å². The van der Waals surface area contributed by atoms with E-state index in [9.17, 15) is 26.7 Å². The molecule has 12 nitrogen and oxygen atoms in total. The Morgan fingerprint density at radius 1 is 1.27 bits per heavy atom. The van der Waals surface area contributed by atoms with Gasteiger partial charge in [0.05, 0.1) is 31.9 Å². The number of aliphatic hydroxyl groups is 1. The molecule has 0 fully saturated rings. The van der Waals surface area contributed by atoms with Crippen molar-refractivity contribution in [1.82, 2.24) is 14.4 Å². The number of aliphatic hydroxyl groups excluding tert-OH is 1. The molecule has 0 aliphatic carbocycles. The van der Waals surface area contributed by atoms with Crippen LogP contribution in [0.1, 0.15) is 30.9 Å². The van der Waals surface area contributed by atoms with E-state index in [2.05, 4.69) is 9.88 Å². The van der Waals surface area contributed by atoms with Gasteiger partial charge in [0.15, 0.2) is 5.76 Å². The molecule has 1 aromatic carbocycles. The van der Waals surface area contributed by atoms with Gasteiger partial charge in [0, 0.05) is 30.8 Å². The van der Waals surface area contributed by atoms with Crippen LogP contribution >= 0.6 is 0 Å². The summed E-state index contributed by atoms with van der Waals surface area (Å²) in [5.74, 6) is -0.0874. The van der Waals surface area contributed by atoms with Crippen molar-refractivity contribution < 1.29 is 36.0 Å². The second-order valence-electron chi connectivity index (χ2n) is 9.52. The molecule has 1 aromatic heterocycles. The van der Waals surface area contributed by atoms with Gasteiger partial charge in [-0.2, -0.15) is 4.31 Å². The molecule has 2 N–H and O–H groups in total. The van der Waals surface area contributed by atoms with Crippen molar-refractivity contribution in [2.45, 2.75) is 51.2 Å². The number of sulfonamides is 2. The summed E-state index contributed by atoms with van der Waals surface area (Å²) in [7, 11) is -6.08. The van der Waals surface area contributed by atoms with Gasteiger partial charge in [0.25, 0.3) is 0 Å². The van der Waals surface area contributed by atoms with Gasteiger partial charge in [-0.1, -0.05) is 12.1 Å². The minimum atomic E-state index is -3.96. The van der Waals surface area contributed by atoms with Crippen LogP contribution in [0, 0.1) is 19.8 Å². The van der Waals surface area contributed by atoms with Crippen molar-refractivity contribution in [2.24, 2.45) is 5.92 Å². The molecule has 0 bridgehead atoms. The third kappa shape index (κ3) is 6.61. The lowest BCUT2D eigenvalue weighted by atomic mass is 10.0. The average molecular weight is 559 g/mol. The number of aromatic nitrogens is 1. The lowest BCUT2D eigenvalue weighted by molar-refractivity contribution is -0.134. The molecule has 2 aromatic rings. The Bertz CT molecular complexity index is 1340. The Morgan fingerprint density at radius 3 is 2.51 bits per heavy atom. The Balaban J connectivity index is 2.02. The molecule has 1 aliphatic rings. The Kier molecular flexibility index (Phi) is 8.57. The summed E-state index contributed by atoms with van der Waals surface area (Å²) < 4.78 is 65.0. The van der Waals surface area contributed by atoms with Gasteiger partial charge >= 0.3 is 0 Å². The molecule has 3 rings (SSSR count). The second kappa shape index (κ2) is 11.0. The van der Waals surface area contributed by atoms with Crippen LogP contribution in [-0.4, -0.2) is 87.4 Å². The zero-order chi connectivity index (χ0) is 27.7. The lowest BCUT2D eigenvalue weighted by Gasteiger charge is -2.33. The van der Waals surface area contributed by atoms with E-state index in [-0.39, 0.29) is 60.0 Å². The van der Waals surface area contributed by atoms with Crippen LogP contribution < -0.4 is 9.46 Å². The summed E-state index contributed by atoms with van der Waals surface area (Å²) >= 11 is 0. The van der Waals surface area contributed by atoms with Gasteiger partial charge in [-0.05, 0) is 39.0 Å². The minimum Gasteiger partial charge on any atom is -0.488 e. The highest BCUT2D eigenvalue weighted by atomic mass is 32.2. The highest BCUT2D eigenvalue weighted by molar-refractivity contribution is 7.92. The number of benzene rings is 1. The molecule has 1 aliphatic heterocycles. The van der Waals surface area contributed by atoms with Gasteiger partial charge in [-0.15, -0.1) is 0 Å². The van der Waals surface area contributed by atoms with Crippen molar-refractivity contribution in [3.63, 3.8) is 0 Å². The average Bonchev–Trinajstić information content (AvgIpc) is 3.16. The molecule has 0 radical (unpaired) electrons. The summed E-state index contributed by atoms with van der Waals surface area (Å²) in [5, 5.41) is 13.5. The van der Waals surface area contributed by atoms with Crippen molar-refractivity contribution in [1.29, 1.82) is 0 Å². The molecule has 2 heterocycles. The summed E-state index contributed by atoms with van der Waals surface area (Å²) in [6, 6.07) is 4.11. The molecule has 3 atom stereocenters. The van der Waals surface area contributed by atoms with Gasteiger partial charge in [-0.3, -0.25) is 9.52 Å². The first kappa shape index (κ1) is 28.9.